The second-order valence-corrected chi connectivity index (χ2v) is 6.22. The number of aryl methyl sites for hydroxylation is 1. The fourth-order valence-corrected chi connectivity index (χ4v) is 3.17. The van der Waals surface area contributed by atoms with Crippen LogP contribution in [0.5, 0.6) is 0 Å². The Balaban J connectivity index is 1.93. The molecule has 7 nitrogen and oxygen atoms in total. The van der Waals surface area contributed by atoms with Crippen molar-refractivity contribution >= 4 is 33.7 Å². The van der Waals surface area contributed by atoms with Crippen LogP contribution >= 0.6 is 11.6 Å². The van der Waals surface area contributed by atoms with Gasteiger partial charge in [-0.3, -0.25) is 18.9 Å². The third-order valence-electron chi connectivity index (χ3n) is 4.29. The van der Waals surface area contributed by atoms with E-state index in [1.165, 1.54) is 11.6 Å². The Hall–Kier alpha value is -2.93. The fraction of sp³-hybridized carbons (Fsp3) is 0.176. The number of para-hydroxylation sites is 1. The highest BCUT2D eigenvalue weighted by Crippen LogP contribution is 2.19. The number of pyridine rings is 1. The van der Waals surface area contributed by atoms with Crippen LogP contribution in [-0.4, -0.2) is 23.7 Å². The number of aromatic nitrogens is 5. The summed E-state index contributed by atoms with van der Waals surface area (Å²) in [4.78, 5) is 33.2. The molecule has 4 rings (SSSR count). The third kappa shape index (κ3) is 2.35. The molecule has 0 radical (unpaired) electrons. The van der Waals surface area contributed by atoms with Crippen LogP contribution in [0.4, 0.5) is 0 Å². The van der Waals surface area contributed by atoms with Crippen molar-refractivity contribution in [2.45, 2.75) is 6.54 Å². The molecule has 0 aliphatic carbocycles. The molecule has 126 valence electrons. The summed E-state index contributed by atoms with van der Waals surface area (Å²) in [5, 5.41) is 1.15. The van der Waals surface area contributed by atoms with Crippen LogP contribution in [0.2, 0.25) is 5.28 Å². The Bertz CT molecular complexity index is 1250. The van der Waals surface area contributed by atoms with Gasteiger partial charge < -0.3 is 4.57 Å². The Morgan fingerprint density at radius 3 is 2.68 bits per heavy atom. The van der Waals surface area contributed by atoms with Crippen molar-refractivity contribution in [3.8, 4) is 0 Å². The molecule has 25 heavy (non-hydrogen) atoms. The van der Waals surface area contributed by atoms with E-state index in [0.29, 0.717) is 12.1 Å². The van der Waals surface area contributed by atoms with Gasteiger partial charge in [-0.05, 0) is 29.3 Å². The van der Waals surface area contributed by atoms with Crippen molar-refractivity contribution in [1.82, 2.24) is 23.7 Å². The highest BCUT2D eigenvalue weighted by atomic mass is 35.5. The second-order valence-electron chi connectivity index (χ2n) is 5.88. The average molecular weight is 356 g/mol. The zero-order valence-corrected chi connectivity index (χ0v) is 14.4. The summed E-state index contributed by atoms with van der Waals surface area (Å²) < 4.78 is 3.97. The van der Waals surface area contributed by atoms with E-state index in [1.807, 2.05) is 30.3 Å². The quantitative estimate of drug-likeness (QED) is 0.513. The molecule has 0 saturated carbocycles. The van der Waals surface area contributed by atoms with Crippen LogP contribution in [0.3, 0.4) is 0 Å². The molecule has 0 unspecified atom stereocenters. The molecular weight excluding hydrogens is 342 g/mol. The van der Waals surface area contributed by atoms with Gasteiger partial charge >= 0.3 is 5.69 Å². The fourth-order valence-electron chi connectivity index (χ4n) is 2.95. The molecule has 0 spiro atoms. The molecule has 0 aliphatic rings. The van der Waals surface area contributed by atoms with E-state index in [2.05, 4.69) is 9.97 Å². The third-order valence-corrected chi connectivity index (χ3v) is 4.58. The van der Waals surface area contributed by atoms with Gasteiger partial charge in [0, 0.05) is 25.7 Å². The molecular formula is C17H14ClN5O2. The molecule has 0 saturated heterocycles. The van der Waals surface area contributed by atoms with Gasteiger partial charge in [0.2, 0.25) is 5.28 Å². The number of nitrogens with zero attached hydrogens (tertiary/aromatic N) is 5. The second kappa shape index (κ2) is 5.56. The van der Waals surface area contributed by atoms with Gasteiger partial charge in [-0.15, -0.1) is 0 Å². The lowest BCUT2D eigenvalue weighted by molar-refractivity contribution is 0.702. The van der Waals surface area contributed by atoms with Crippen molar-refractivity contribution in [2.75, 3.05) is 0 Å². The minimum atomic E-state index is -0.439. The van der Waals surface area contributed by atoms with Gasteiger partial charge in [0.05, 0.1) is 12.1 Å². The van der Waals surface area contributed by atoms with Gasteiger partial charge in [0.25, 0.3) is 5.56 Å². The normalized spacial score (nSPS) is 11.5. The smallest absolute Gasteiger partial charge is 0.304 e. The topological polar surface area (TPSA) is 74.7 Å². The largest absolute Gasteiger partial charge is 0.332 e. The first-order valence-electron chi connectivity index (χ1n) is 7.63. The van der Waals surface area contributed by atoms with E-state index in [9.17, 15) is 9.59 Å². The molecule has 0 bridgehead atoms. The maximum absolute atomic E-state index is 12.6. The average Bonchev–Trinajstić information content (AvgIpc) is 2.95. The number of rotatable bonds is 2. The minimum Gasteiger partial charge on any atom is -0.304 e. The van der Waals surface area contributed by atoms with Crippen LogP contribution < -0.4 is 11.2 Å². The Labute approximate surface area is 146 Å². The van der Waals surface area contributed by atoms with Crippen molar-refractivity contribution in [2.24, 2.45) is 14.1 Å². The monoisotopic (exact) mass is 355 g/mol. The summed E-state index contributed by atoms with van der Waals surface area (Å²) in [5.41, 5.74) is 1.48. The summed E-state index contributed by atoms with van der Waals surface area (Å²) >= 11 is 6.25. The van der Waals surface area contributed by atoms with Crippen LogP contribution in [0, 0.1) is 0 Å². The van der Waals surface area contributed by atoms with Gasteiger partial charge in [-0.1, -0.05) is 18.2 Å². The highest BCUT2D eigenvalue weighted by molar-refractivity contribution is 6.29. The number of imidazole rings is 1. The lowest BCUT2D eigenvalue weighted by Crippen LogP contribution is -2.37. The molecule has 3 heterocycles. The molecule has 4 aromatic rings. The van der Waals surface area contributed by atoms with Crippen molar-refractivity contribution < 1.29 is 0 Å². The first kappa shape index (κ1) is 15.6. The summed E-state index contributed by atoms with van der Waals surface area (Å²) in [5.74, 6) is 0. The molecule has 0 N–H and O–H groups in total. The number of hydrogen-bond donors (Lipinski definition) is 0. The molecule has 0 fully saturated rings. The maximum Gasteiger partial charge on any atom is 0.332 e. The molecule has 3 aromatic heterocycles. The molecule has 8 heteroatoms. The molecule has 0 atom stereocenters. The van der Waals surface area contributed by atoms with E-state index in [-0.39, 0.29) is 10.9 Å². The summed E-state index contributed by atoms with van der Waals surface area (Å²) in [7, 11) is 3.00. The molecule has 1 aromatic carbocycles. The van der Waals surface area contributed by atoms with Gasteiger partial charge in [0.15, 0.2) is 11.2 Å². The van der Waals surface area contributed by atoms with Crippen LogP contribution in [0.25, 0.3) is 22.1 Å². The van der Waals surface area contributed by atoms with Crippen LogP contribution in [-0.2, 0) is 20.6 Å². The Kier molecular flexibility index (Phi) is 3.47. The number of halogens is 1. The number of benzene rings is 1. The SMILES string of the molecule is Cn1c(=O)c2c(nc(Cl)n2Cc2cnc3ccccc3c2)n(C)c1=O. The van der Waals surface area contributed by atoms with Crippen molar-refractivity contribution in [3.63, 3.8) is 0 Å². The predicted octanol–water partition coefficient (Wildman–Crippen LogP) is 1.68. The van der Waals surface area contributed by atoms with Crippen molar-refractivity contribution in [3.05, 3.63) is 68.2 Å². The lowest BCUT2D eigenvalue weighted by Gasteiger charge is -2.08. The van der Waals surface area contributed by atoms with Crippen molar-refractivity contribution in [1.29, 1.82) is 0 Å². The van der Waals surface area contributed by atoms with Gasteiger partial charge in [-0.25, -0.2) is 4.79 Å². The van der Waals surface area contributed by atoms with Gasteiger partial charge in [0.1, 0.15) is 0 Å². The predicted molar refractivity (Wildman–Crippen MR) is 96.1 cm³/mol. The first-order valence-corrected chi connectivity index (χ1v) is 8.00. The summed E-state index contributed by atoms with van der Waals surface area (Å²) in [6, 6.07) is 9.78. The van der Waals surface area contributed by atoms with Gasteiger partial charge in [-0.2, -0.15) is 4.98 Å². The van der Waals surface area contributed by atoms with Crippen LogP contribution in [0.15, 0.2) is 46.1 Å². The van der Waals surface area contributed by atoms with Crippen LogP contribution in [0.1, 0.15) is 5.56 Å². The Morgan fingerprint density at radius 2 is 1.88 bits per heavy atom. The lowest BCUT2D eigenvalue weighted by atomic mass is 10.1. The van der Waals surface area contributed by atoms with E-state index in [1.54, 1.807) is 17.8 Å². The van der Waals surface area contributed by atoms with E-state index >= 15 is 0 Å². The Morgan fingerprint density at radius 1 is 1.12 bits per heavy atom. The molecule has 0 aliphatic heterocycles. The summed E-state index contributed by atoms with van der Waals surface area (Å²) in [6.07, 6.45) is 1.75. The maximum atomic E-state index is 12.6. The highest BCUT2D eigenvalue weighted by Gasteiger charge is 2.18. The molecule has 0 amide bonds. The van der Waals surface area contributed by atoms with E-state index in [4.69, 9.17) is 11.6 Å². The number of hydrogen-bond acceptors (Lipinski definition) is 4. The first-order chi connectivity index (χ1) is 12.0. The van der Waals surface area contributed by atoms with E-state index in [0.717, 1.165) is 21.0 Å². The standard InChI is InChI=1S/C17H14ClN5O2/c1-21-14-13(15(24)22(2)17(21)25)23(16(18)20-14)9-10-7-11-5-3-4-6-12(11)19-8-10/h3-8H,9H2,1-2H3. The zero-order chi connectivity index (χ0) is 17.7. The zero-order valence-electron chi connectivity index (χ0n) is 13.6. The number of fused-ring (bicyclic) bond motifs is 2. The summed E-state index contributed by atoms with van der Waals surface area (Å²) in [6.45, 7) is 0.334. The minimum absolute atomic E-state index is 0.154. The van der Waals surface area contributed by atoms with E-state index < -0.39 is 11.2 Å².